The van der Waals surface area contributed by atoms with Gasteiger partial charge in [-0.25, -0.2) is 0 Å². The molecule has 1 heterocycles. The van der Waals surface area contributed by atoms with Gasteiger partial charge in [0.05, 0.1) is 26.0 Å². The third-order valence-electron chi connectivity index (χ3n) is 4.06. The number of methoxy groups -OCH3 is 1. The van der Waals surface area contributed by atoms with Crippen LogP contribution in [0.1, 0.15) is 32.8 Å². The summed E-state index contributed by atoms with van der Waals surface area (Å²) in [7, 11) is 1.74. The Kier molecular flexibility index (Phi) is 5.57. The highest BCUT2D eigenvalue weighted by Crippen LogP contribution is 2.34. The van der Waals surface area contributed by atoms with Crippen LogP contribution in [0.15, 0.2) is 12.1 Å². The first-order chi connectivity index (χ1) is 10.4. The molecule has 4 heteroatoms. The van der Waals surface area contributed by atoms with Crippen molar-refractivity contribution in [3.8, 4) is 5.75 Å². The van der Waals surface area contributed by atoms with Crippen LogP contribution in [0.5, 0.6) is 5.75 Å². The van der Waals surface area contributed by atoms with E-state index in [2.05, 4.69) is 50.0 Å². The van der Waals surface area contributed by atoms with Gasteiger partial charge in [0.25, 0.3) is 0 Å². The normalized spacial score (nSPS) is 15.8. The van der Waals surface area contributed by atoms with Crippen molar-refractivity contribution in [2.24, 2.45) is 5.41 Å². The molecule has 2 rings (SSSR count). The van der Waals surface area contributed by atoms with Crippen LogP contribution in [0.25, 0.3) is 0 Å². The second kappa shape index (κ2) is 7.23. The first kappa shape index (κ1) is 16.9. The summed E-state index contributed by atoms with van der Waals surface area (Å²) in [5, 5.41) is 3.55. The average Bonchev–Trinajstić information content (AvgIpc) is 2.48. The Morgan fingerprint density at radius 3 is 2.50 bits per heavy atom. The Balaban J connectivity index is 2.13. The van der Waals surface area contributed by atoms with E-state index >= 15 is 0 Å². The second-order valence-corrected chi connectivity index (χ2v) is 7.18. The smallest absolute Gasteiger partial charge is 0.144 e. The highest BCUT2D eigenvalue weighted by Gasteiger charge is 2.16. The third kappa shape index (κ3) is 4.54. The molecule has 0 atom stereocenters. The van der Waals surface area contributed by atoms with E-state index in [0.717, 1.165) is 50.7 Å². The minimum atomic E-state index is 0.335. The number of ether oxygens (including phenoxy) is 2. The zero-order chi connectivity index (χ0) is 16.2. The molecular weight excluding hydrogens is 276 g/mol. The van der Waals surface area contributed by atoms with Crippen molar-refractivity contribution < 1.29 is 9.47 Å². The number of hydrogen-bond donors (Lipinski definition) is 1. The minimum Gasteiger partial charge on any atom is -0.495 e. The maximum Gasteiger partial charge on any atom is 0.144 e. The van der Waals surface area contributed by atoms with Crippen LogP contribution in [-0.4, -0.2) is 40.0 Å². The topological polar surface area (TPSA) is 33.7 Å². The van der Waals surface area contributed by atoms with E-state index in [1.165, 1.54) is 11.3 Å². The maximum absolute atomic E-state index is 5.62. The summed E-state index contributed by atoms with van der Waals surface area (Å²) in [6.45, 7) is 13.4. The summed E-state index contributed by atoms with van der Waals surface area (Å²) >= 11 is 0. The van der Waals surface area contributed by atoms with Crippen LogP contribution in [0.4, 0.5) is 11.4 Å². The fourth-order valence-corrected chi connectivity index (χ4v) is 2.69. The molecule has 0 bridgehead atoms. The largest absolute Gasteiger partial charge is 0.495 e. The van der Waals surface area contributed by atoms with Crippen LogP contribution in [-0.2, 0) is 4.74 Å². The monoisotopic (exact) mass is 306 g/mol. The second-order valence-electron chi connectivity index (χ2n) is 7.18. The lowest BCUT2D eigenvalue weighted by molar-refractivity contribution is 0.122. The van der Waals surface area contributed by atoms with Crippen molar-refractivity contribution in [2.45, 2.75) is 34.1 Å². The molecule has 0 amide bonds. The molecular formula is C18H30N2O2. The standard InChI is InChI=1S/C18H30N2O2/c1-14-12-15(20-8-10-22-11-9-20)13-16(21-5)17(14)19-7-6-18(2,3)4/h12-13,19H,6-11H2,1-5H3. The molecule has 0 aromatic heterocycles. The Morgan fingerprint density at radius 2 is 1.91 bits per heavy atom. The number of nitrogens with one attached hydrogen (secondary N) is 1. The van der Waals surface area contributed by atoms with Gasteiger partial charge in [0.2, 0.25) is 0 Å². The van der Waals surface area contributed by atoms with Crippen molar-refractivity contribution in [3.63, 3.8) is 0 Å². The van der Waals surface area contributed by atoms with E-state index < -0.39 is 0 Å². The van der Waals surface area contributed by atoms with E-state index in [-0.39, 0.29) is 0 Å². The molecule has 0 unspecified atom stereocenters. The van der Waals surface area contributed by atoms with Crippen molar-refractivity contribution in [3.05, 3.63) is 17.7 Å². The van der Waals surface area contributed by atoms with Gasteiger partial charge >= 0.3 is 0 Å². The molecule has 1 aromatic carbocycles. The number of benzene rings is 1. The predicted octanol–water partition coefficient (Wildman–Crippen LogP) is 3.69. The molecule has 22 heavy (non-hydrogen) atoms. The van der Waals surface area contributed by atoms with Gasteiger partial charge in [-0.15, -0.1) is 0 Å². The molecule has 0 aliphatic carbocycles. The molecule has 0 saturated carbocycles. The first-order valence-corrected chi connectivity index (χ1v) is 8.16. The molecule has 4 nitrogen and oxygen atoms in total. The van der Waals surface area contributed by atoms with Crippen LogP contribution in [0.3, 0.4) is 0 Å². The zero-order valence-electron chi connectivity index (χ0n) is 14.7. The first-order valence-electron chi connectivity index (χ1n) is 8.16. The molecule has 1 fully saturated rings. The molecule has 0 spiro atoms. The molecule has 0 radical (unpaired) electrons. The maximum atomic E-state index is 5.62. The highest BCUT2D eigenvalue weighted by molar-refractivity contribution is 5.69. The van der Waals surface area contributed by atoms with E-state index in [4.69, 9.17) is 9.47 Å². The van der Waals surface area contributed by atoms with E-state index in [1.54, 1.807) is 7.11 Å². The minimum absolute atomic E-state index is 0.335. The molecule has 1 saturated heterocycles. The van der Waals surface area contributed by atoms with Crippen molar-refractivity contribution in [1.29, 1.82) is 0 Å². The van der Waals surface area contributed by atoms with Gasteiger partial charge in [0.15, 0.2) is 0 Å². The van der Waals surface area contributed by atoms with Gasteiger partial charge in [-0.2, -0.15) is 0 Å². The van der Waals surface area contributed by atoms with Crippen LogP contribution < -0.4 is 15.0 Å². The van der Waals surface area contributed by atoms with Gasteiger partial charge in [-0.05, 0) is 30.4 Å². The van der Waals surface area contributed by atoms with Crippen molar-refractivity contribution >= 4 is 11.4 Å². The lowest BCUT2D eigenvalue weighted by Crippen LogP contribution is -2.36. The molecule has 124 valence electrons. The zero-order valence-corrected chi connectivity index (χ0v) is 14.7. The third-order valence-corrected chi connectivity index (χ3v) is 4.06. The van der Waals surface area contributed by atoms with Gasteiger partial charge in [-0.3, -0.25) is 0 Å². The van der Waals surface area contributed by atoms with Crippen molar-refractivity contribution in [1.82, 2.24) is 0 Å². The van der Waals surface area contributed by atoms with Crippen LogP contribution in [0, 0.1) is 12.3 Å². The molecule has 1 aromatic rings. The van der Waals surface area contributed by atoms with Gasteiger partial charge in [-0.1, -0.05) is 20.8 Å². The predicted molar refractivity (Wildman–Crippen MR) is 93.3 cm³/mol. The van der Waals surface area contributed by atoms with Crippen LogP contribution in [0.2, 0.25) is 0 Å². The SMILES string of the molecule is COc1cc(N2CCOCC2)cc(C)c1NCCC(C)(C)C. The number of rotatable bonds is 5. The summed E-state index contributed by atoms with van der Waals surface area (Å²) in [4.78, 5) is 2.36. The number of aryl methyl sites for hydroxylation is 1. The Hall–Kier alpha value is -1.42. The fraction of sp³-hybridized carbons (Fsp3) is 0.667. The lowest BCUT2D eigenvalue weighted by atomic mass is 9.92. The van der Waals surface area contributed by atoms with E-state index in [9.17, 15) is 0 Å². The summed E-state index contributed by atoms with van der Waals surface area (Å²) in [5.41, 5.74) is 3.90. The van der Waals surface area contributed by atoms with Crippen LogP contribution >= 0.6 is 0 Å². The van der Waals surface area contributed by atoms with E-state index in [1.807, 2.05) is 0 Å². The van der Waals surface area contributed by atoms with Gasteiger partial charge in [0.1, 0.15) is 5.75 Å². The summed E-state index contributed by atoms with van der Waals surface area (Å²) < 4.78 is 11.1. The summed E-state index contributed by atoms with van der Waals surface area (Å²) in [6, 6.07) is 4.38. The number of hydrogen-bond acceptors (Lipinski definition) is 4. The average molecular weight is 306 g/mol. The number of nitrogens with zero attached hydrogens (tertiary/aromatic N) is 1. The molecule has 1 aliphatic heterocycles. The lowest BCUT2D eigenvalue weighted by Gasteiger charge is -2.30. The molecule has 1 aliphatic rings. The fourth-order valence-electron chi connectivity index (χ4n) is 2.69. The number of morpholine rings is 1. The highest BCUT2D eigenvalue weighted by atomic mass is 16.5. The molecule has 1 N–H and O–H groups in total. The summed E-state index contributed by atoms with van der Waals surface area (Å²) in [5.74, 6) is 0.926. The Morgan fingerprint density at radius 1 is 1.23 bits per heavy atom. The Labute approximate surface area is 134 Å². The Bertz CT molecular complexity index is 489. The van der Waals surface area contributed by atoms with Gasteiger partial charge < -0.3 is 19.7 Å². The quantitative estimate of drug-likeness (QED) is 0.899. The summed E-state index contributed by atoms with van der Waals surface area (Å²) in [6.07, 6.45) is 1.13. The van der Waals surface area contributed by atoms with Crippen molar-refractivity contribution in [2.75, 3.05) is 50.2 Å². The number of anilines is 2. The van der Waals surface area contributed by atoms with Gasteiger partial charge in [0, 0.05) is 31.4 Å². The van der Waals surface area contributed by atoms with E-state index in [0.29, 0.717) is 5.41 Å².